The van der Waals surface area contributed by atoms with Crippen LogP contribution in [0.25, 0.3) is 0 Å². The van der Waals surface area contributed by atoms with Crippen molar-refractivity contribution in [1.82, 2.24) is 15.0 Å². The number of carbonyl (C=O) groups excluding carboxylic acids is 1. The summed E-state index contributed by atoms with van der Waals surface area (Å²) >= 11 is 0. The quantitative estimate of drug-likeness (QED) is 0.746. The van der Waals surface area contributed by atoms with Crippen molar-refractivity contribution in [3.63, 3.8) is 0 Å². The van der Waals surface area contributed by atoms with Crippen molar-refractivity contribution in [1.29, 1.82) is 0 Å². The van der Waals surface area contributed by atoms with Crippen LogP contribution in [0.4, 0.5) is 0 Å². The Hall–Kier alpha value is -1.40. The van der Waals surface area contributed by atoms with E-state index >= 15 is 0 Å². The SMILES string of the molecule is CCOCCC(=O)N1C[C@H]2CC[C@@H]1CN(Cc1c(C)noc1C)C2. The van der Waals surface area contributed by atoms with Crippen molar-refractivity contribution >= 4 is 5.91 Å². The number of amides is 1. The summed E-state index contributed by atoms with van der Waals surface area (Å²) in [6.45, 7) is 10.9. The molecule has 0 unspecified atom stereocenters. The van der Waals surface area contributed by atoms with Crippen molar-refractivity contribution < 1.29 is 14.1 Å². The molecule has 24 heavy (non-hydrogen) atoms. The molecule has 6 heteroatoms. The lowest BCUT2D eigenvalue weighted by molar-refractivity contribution is -0.136. The van der Waals surface area contributed by atoms with Gasteiger partial charge >= 0.3 is 0 Å². The number of rotatable bonds is 6. The average molecular weight is 335 g/mol. The molecule has 1 aromatic rings. The molecule has 2 bridgehead atoms. The van der Waals surface area contributed by atoms with Gasteiger partial charge < -0.3 is 14.2 Å². The molecular weight excluding hydrogens is 306 g/mol. The maximum atomic E-state index is 12.5. The van der Waals surface area contributed by atoms with Crippen LogP contribution < -0.4 is 0 Å². The highest BCUT2D eigenvalue weighted by Gasteiger charge is 2.37. The number of aromatic nitrogens is 1. The van der Waals surface area contributed by atoms with Crippen LogP contribution in [0.1, 0.15) is 43.2 Å². The second-order valence-corrected chi connectivity index (χ2v) is 7.09. The van der Waals surface area contributed by atoms with E-state index in [0.29, 0.717) is 31.6 Å². The lowest BCUT2D eigenvalue weighted by Crippen LogP contribution is -2.47. The first-order valence-corrected chi connectivity index (χ1v) is 9.09. The van der Waals surface area contributed by atoms with Gasteiger partial charge in [-0.3, -0.25) is 9.69 Å². The second kappa shape index (κ2) is 7.66. The lowest BCUT2D eigenvalue weighted by Gasteiger charge is -2.36. The minimum Gasteiger partial charge on any atom is -0.381 e. The molecule has 134 valence electrons. The summed E-state index contributed by atoms with van der Waals surface area (Å²) in [5.41, 5.74) is 2.18. The maximum Gasteiger partial charge on any atom is 0.225 e. The number of nitrogens with zero attached hydrogens (tertiary/aromatic N) is 3. The van der Waals surface area contributed by atoms with E-state index in [1.54, 1.807) is 0 Å². The van der Waals surface area contributed by atoms with Gasteiger partial charge in [-0.05, 0) is 39.5 Å². The second-order valence-electron chi connectivity index (χ2n) is 7.09. The number of carbonyl (C=O) groups is 1. The van der Waals surface area contributed by atoms with E-state index in [-0.39, 0.29) is 5.91 Å². The fourth-order valence-corrected chi connectivity index (χ4v) is 4.01. The minimum absolute atomic E-state index is 0.248. The van der Waals surface area contributed by atoms with Crippen LogP contribution in [0, 0.1) is 19.8 Å². The summed E-state index contributed by atoms with van der Waals surface area (Å²) < 4.78 is 10.6. The van der Waals surface area contributed by atoms with Crippen LogP contribution in [0.15, 0.2) is 4.52 Å². The number of piperidine rings is 1. The van der Waals surface area contributed by atoms with Gasteiger partial charge in [-0.1, -0.05) is 5.16 Å². The number of ether oxygens (including phenoxy) is 1. The molecule has 0 radical (unpaired) electrons. The highest BCUT2D eigenvalue weighted by Crippen LogP contribution is 2.30. The molecule has 6 nitrogen and oxygen atoms in total. The van der Waals surface area contributed by atoms with E-state index in [0.717, 1.165) is 44.1 Å². The van der Waals surface area contributed by atoms with Gasteiger partial charge in [-0.2, -0.15) is 0 Å². The summed E-state index contributed by atoms with van der Waals surface area (Å²) in [7, 11) is 0. The van der Waals surface area contributed by atoms with E-state index in [2.05, 4.69) is 15.0 Å². The van der Waals surface area contributed by atoms with Crippen LogP contribution in [0.5, 0.6) is 0 Å². The Kier molecular flexibility index (Phi) is 5.56. The molecule has 1 aromatic heterocycles. The third-order valence-electron chi connectivity index (χ3n) is 5.34. The fraction of sp³-hybridized carbons (Fsp3) is 0.778. The Morgan fingerprint density at radius 3 is 2.83 bits per heavy atom. The molecule has 0 spiro atoms. The van der Waals surface area contributed by atoms with Gasteiger partial charge in [0, 0.05) is 44.4 Å². The van der Waals surface area contributed by atoms with Gasteiger partial charge in [-0.15, -0.1) is 0 Å². The zero-order valence-corrected chi connectivity index (χ0v) is 15.1. The smallest absolute Gasteiger partial charge is 0.225 e. The summed E-state index contributed by atoms with van der Waals surface area (Å²) in [4.78, 5) is 17.1. The van der Waals surface area contributed by atoms with Gasteiger partial charge in [-0.25, -0.2) is 0 Å². The van der Waals surface area contributed by atoms with Gasteiger partial charge in [0.1, 0.15) is 5.76 Å². The van der Waals surface area contributed by atoms with E-state index in [9.17, 15) is 4.79 Å². The van der Waals surface area contributed by atoms with Crippen molar-refractivity contribution in [2.45, 2.75) is 52.6 Å². The molecule has 0 N–H and O–H groups in total. The first-order valence-electron chi connectivity index (χ1n) is 9.09. The molecule has 0 aliphatic carbocycles. The Balaban J connectivity index is 1.63. The highest BCUT2D eigenvalue weighted by atomic mass is 16.5. The molecule has 4 rings (SSSR count). The van der Waals surface area contributed by atoms with Gasteiger partial charge in [0.25, 0.3) is 0 Å². The molecule has 0 saturated carbocycles. The number of fused-ring (bicyclic) bond motifs is 4. The van der Waals surface area contributed by atoms with E-state index in [4.69, 9.17) is 9.26 Å². The van der Waals surface area contributed by atoms with Crippen LogP contribution in [0.3, 0.4) is 0 Å². The van der Waals surface area contributed by atoms with E-state index < -0.39 is 0 Å². The van der Waals surface area contributed by atoms with Crippen molar-refractivity contribution in [2.24, 2.45) is 5.92 Å². The lowest BCUT2D eigenvalue weighted by atomic mass is 9.95. The largest absolute Gasteiger partial charge is 0.381 e. The van der Waals surface area contributed by atoms with Crippen LogP contribution in [0.2, 0.25) is 0 Å². The number of aryl methyl sites for hydroxylation is 2. The number of hydrogen-bond donors (Lipinski definition) is 0. The van der Waals surface area contributed by atoms with E-state index in [1.165, 1.54) is 12.0 Å². The molecule has 2 atom stereocenters. The van der Waals surface area contributed by atoms with Crippen LogP contribution in [-0.2, 0) is 16.1 Å². The maximum absolute atomic E-state index is 12.5. The average Bonchev–Trinajstić information content (AvgIpc) is 2.75. The Morgan fingerprint density at radius 1 is 1.29 bits per heavy atom. The van der Waals surface area contributed by atoms with Gasteiger partial charge in [0.15, 0.2) is 0 Å². The third-order valence-corrected chi connectivity index (χ3v) is 5.34. The summed E-state index contributed by atoms with van der Waals surface area (Å²) in [6.07, 6.45) is 2.84. The van der Waals surface area contributed by atoms with Gasteiger partial charge in [0.2, 0.25) is 5.91 Å². The first-order chi connectivity index (χ1) is 11.6. The number of hydrogen-bond acceptors (Lipinski definition) is 5. The van der Waals surface area contributed by atoms with Crippen molar-refractivity contribution in [3.05, 3.63) is 17.0 Å². The van der Waals surface area contributed by atoms with Crippen molar-refractivity contribution in [3.8, 4) is 0 Å². The Morgan fingerprint density at radius 2 is 2.12 bits per heavy atom. The summed E-state index contributed by atoms with van der Waals surface area (Å²) in [5.74, 6) is 1.73. The van der Waals surface area contributed by atoms with E-state index in [1.807, 2.05) is 20.8 Å². The summed E-state index contributed by atoms with van der Waals surface area (Å²) in [5, 5.41) is 4.06. The first kappa shape index (κ1) is 17.4. The highest BCUT2D eigenvalue weighted by molar-refractivity contribution is 5.76. The molecule has 3 aliphatic rings. The Bertz CT molecular complexity index is 552. The van der Waals surface area contributed by atoms with Crippen molar-refractivity contribution in [2.75, 3.05) is 32.8 Å². The van der Waals surface area contributed by atoms with Crippen LogP contribution in [-0.4, -0.2) is 59.8 Å². The molecule has 3 saturated heterocycles. The predicted octanol–water partition coefficient (Wildman–Crippen LogP) is 2.14. The molecular formula is C18H29N3O3. The molecule has 0 aromatic carbocycles. The molecule has 1 amide bonds. The molecule has 3 fully saturated rings. The zero-order chi connectivity index (χ0) is 17.1. The normalized spacial score (nSPS) is 24.4. The molecule has 3 aliphatic heterocycles. The monoisotopic (exact) mass is 335 g/mol. The zero-order valence-electron chi connectivity index (χ0n) is 15.1. The third kappa shape index (κ3) is 3.81. The Labute approximate surface area is 144 Å². The minimum atomic E-state index is 0.248. The standard InChI is InChI=1S/C18H29N3O3/c1-4-23-8-7-18(22)21-10-15-5-6-16(21)11-20(9-15)12-17-13(2)19-24-14(17)3/h15-16H,4-12H2,1-3H3/t15-,16+/m0/s1. The fourth-order valence-electron chi connectivity index (χ4n) is 4.01. The summed E-state index contributed by atoms with van der Waals surface area (Å²) in [6, 6.07) is 0.332. The molecule has 4 heterocycles. The van der Waals surface area contributed by atoms with Crippen LogP contribution >= 0.6 is 0 Å². The topological polar surface area (TPSA) is 58.8 Å². The predicted molar refractivity (Wildman–Crippen MR) is 90.6 cm³/mol. The van der Waals surface area contributed by atoms with Gasteiger partial charge in [0.05, 0.1) is 18.7 Å².